The number of rotatable bonds is 3. The van der Waals surface area contributed by atoms with Crippen molar-refractivity contribution < 1.29 is 4.74 Å². The summed E-state index contributed by atoms with van der Waals surface area (Å²) in [4.78, 5) is 0. The molecule has 2 N–H and O–H groups in total. The van der Waals surface area contributed by atoms with Gasteiger partial charge in [0, 0.05) is 12.6 Å². The molecule has 0 spiro atoms. The molecule has 2 heteroatoms. The molecule has 1 aliphatic carbocycles. The van der Waals surface area contributed by atoms with E-state index in [0.717, 1.165) is 12.8 Å². The van der Waals surface area contributed by atoms with Crippen LogP contribution in [0.1, 0.15) is 33.6 Å². The van der Waals surface area contributed by atoms with Crippen molar-refractivity contribution in [3.05, 3.63) is 0 Å². The fraction of sp³-hybridized carbons (Fsp3) is 1.00. The summed E-state index contributed by atoms with van der Waals surface area (Å²) >= 11 is 0. The summed E-state index contributed by atoms with van der Waals surface area (Å²) in [5.74, 6) is 0. The van der Waals surface area contributed by atoms with Crippen LogP contribution < -0.4 is 5.73 Å². The Balaban J connectivity index is 2.61. The smallest absolute Gasteiger partial charge is 0.0753 e. The van der Waals surface area contributed by atoms with Crippen molar-refractivity contribution in [3.8, 4) is 0 Å². The van der Waals surface area contributed by atoms with E-state index in [-0.39, 0.29) is 17.1 Å². The second-order valence-corrected chi connectivity index (χ2v) is 4.23. The Hall–Kier alpha value is -0.0800. The molecular weight excluding hydrogens is 138 g/mol. The van der Waals surface area contributed by atoms with Gasteiger partial charge in [-0.25, -0.2) is 0 Å². The monoisotopic (exact) mass is 157 g/mol. The first-order valence-electron chi connectivity index (χ1n) is 4.29. The van der Waals surface area contributed by atoms with Gasteiger partial charge < -0.3 is 10.5 Å². The number of ether oxygens (including phenoxy) is 1. The van der Waals surface area contributed by atoms with Crippen molar-refractivity contribution in [1.82, 2.24) is 0 Å². The van der Waals surface area contributed by atoms with Crippen molar-refractivity contribution in [1.29, 1.82) is 0 Å². The van der Waals surface area contributed by atoms with Gasteiger partial charge in [0.05, 0.1) is 6.10 Å². The molecule has 11 heavy (non-hydrogen) atoms. The standard InChI is InChI=1S/C9H19NO/c1-5-7(11-4)9(10)6-8(9,2)3/h7H,5-6,10H2,1-4H3. The minimum atomic E-state index is -0.0590. The van der Waals surface area contributed by atoms with Crippen LogP contribution in [0.5, 0.6) is 0 Å². The van der Waals surface area contributed by atoms with Crippen LogP contribution in [0.2, 0.25) is 0 Å². The zero-order valence-electron chi connectivity index (χ0n) is 7.98. The highest BCUT2D eigenvalue weighted by molar-refractivity contribution is 5.18. The van der Waals surface area contributed by atoms with Crippen LogP contribution in [0.4, 0.5) is 0 Å². The molecule has 2 nitrogen and oxygen atoms in total. The molecule has 0 aromatic carbocycles. The molecule has 1 fully saturated rings. The third kappa shape index (κ3) is 1.18. The topological polar surface area (TPSA) is 35.2 Å². The van der Waals surface area contributed by atoms with Gasteiger partial charge in [0.15, 0.2) is 0 Å². The minimum Gasteiger partial charge on any atom is -0.380 e. The van der Waals surface area contributed by atoms with E-state index in [1.54, 1.807) is 7.11 Å². The maximum absolute atomic E-state index is 6.16. The molecule has 2 atom stereocenters. The Morgan fingerprint density at radius 2 is 2.00 bits per heavy atom. The van der Waals surface area contributed by atoms with Gasteiger partial charge in [0.2, 0.25) is 0 Å². The zero-order chi connectivity index (χ0) is 8.70. The fourth-order valence-corrected chi connectivity index (χ4v) is 1.98. The van der Waals surface area contributed by atoms with Gasteiger partial charge >= 0.3 is 0 Å². The molecule has 0 aromatic heterocycles. The Morgan fingerprint density at radius 3 is 2.09 bits per heavy atom. The van der Waals surface area contributed by atoms with E-state index in [2.05, 4.69) is 20.8 Å². The molecule has 0 saturated heterocycles. The summed E-state index contributed by atoms with van der Waals surface area (Å²) in [7, 11) is 1.75. The van der Waals surface area contributed by atoms with Gasteiger partial charge in [-0.1, -0.05) is 20.8 Å². The van der Waals surface area contributed by atoms with E-state index < -0.39 is 0 Å². The Kier molecular flexibility index (Phi) is 2.01. The first-order chi connectivity index (χ1) is 4.98. The molecule has 66 valence electrons. The summed E-state index contributed by atoms with van der Waals surface area (Å²) in [5.41, 5.74) is 6.39. The molecular formula is C9H19NO. The molecule has 2 unspecified atom stereocenters. The van der Waals surface area contributed by atoms with E-state index >= 15 is 0 Å². The normalized spacial score (nSPS) is 36.8. The van der Waals surface area contributed by atoms with E-state index in [4.69, 9.17) is 10.5 Å². The maximum atomic E-state index is 6.16. The lowest BCUT2D eigenvalue weighted by molar-refractivity contribution is 0.0574. The molecule has 0 aliphatic heterocycles. The molecule has 0 aromatic rings. The first kappa shape index (κ1) is 9.01. The quantitative estimate of drug-likeness (QED) is 0.674. The molecule has 0 radical (unpaired) electrons. The van der Waals surface area contributed by atoms with Crippen molar-refractivity contribution in [2.24, 2.45) is 11.1 Å². The maximum Gasteiger partial charge on any atom is 0.0753 e. The average Bonchev–Trinajstić information content (AvgIpc) is 2.36. The van der Waals surface area contributed by atoms with Crippen LogP contribution in [0, 0.1) is 5.41 Å². The first-order valence-corrected chi connectivity index (χ1v) is 4.29. The molecule has 0 amide bonds. The van der Waals surface area contributed by atoms with E-state index in [0.29, 0.717) is 0 Å². The van der Waals surface area contributed by atoms with Gasteiger partial charge in [0.1, 0.15) is 0 Å². The Bertz CT molecular complexity index is 152. The van der Waals surface area contributed by atoms with Crippen LogP contribution in [0.15, 0.2) is 0 Å². The Labute approximate surface area is 69.1 Å². The number of hydrogen-bond acceptors (Lipinski definition) is 2. The van der Waals surface area contributed by atoms with Crippen molar-refractivity contribution in [2.75, 3.05) is 7.11 Å². The molecule has 0 heterocycles. The van der Waals surface area contributed by atoms with Gasteiger partial charge in [-0.2, -0.15) is 0 Å². The summed E-state index contributed by atoms with van der Waals surface area (Å²) in [6.07, 6.45) is 2.33. The van der Waals surface area contributed by atoms with Gasteiger partial charge in [-0.15, -0.1) is 0 Å². The van der Waals surface area contributed by atoms with Gasteiger partial charge in [0.25, 0.3) is 0 Å². The summed E-state index contributed by atoms with van der Waals surface area (Å²) in [6, 6.07) is 0. The number of methoxy groups -OCH3 is 1. The van der Waals surface area contributed by atoms with E-state index in [1.165, 1.54) is 0 Å². The summed E-state index contributed by atoms with van der Waals surface area (Å²) in [5, 5.41) is 0. The fourth-order valence-electron chi connectivity index (χ4n) is 1.98. The van der Waals surface area contributed by atoms with Crippen LogP contribution in [0.25, 0.3) is 0 Å². The van der Waals surface area contributed by atoms with Crippen molar-refractivity contribution >= 4 is 0 Å². The van der Waals surface area contributed by atoms with Crippen LogP contribution >= 0.6 is 0 Å². The summed E-state index contributed by atoms with van der Waals surface area (Å²) < 4.78 is 5.34. The largest absolute Gasteiger partial charge is 0.380 e. The third-order valence-electron chi connectivity index (χ3n) is 3.10. The minimum absolute atomic E-state index is 0.0590. The highest BCUT2D eigenvalue weighted by atomic mass is 16.5. The lowest BCUT2D eigenvalue weighted by Crippen LogP contribution is -2.42. The lowest BCUT2D eigenvalue weighted by atomic mass is 9.98. The van der Waals surface area contributed by atoms with E-state index in [1.807, 2.05) is 0 Å². The predicted octanol–water partition coefficient (Wildman–Crippen LogP) is 1.54. The average molecular weight is 157 g/mol. The molecule has 0 bridgehead atoms. The lowest BCUT2D eigenvalue weighted by Gasteiger charge is -2.24. The van der Waals surface area contributed by atoms with Gasteiger partial charge in [-0.05, 0) is 18.3 Å². The molecule has 1 rings (SSSR count). The predicted molar refractivity (Wildman–Crippen MR) is 46.4 cm³/mol. The second-order valence-electron chi connectivity index (χ2n) is 4.23. The Morgan fingerprint density at radius 1 is 1.55 bits per heavy atom. The summed E-state index contributed by atoms with van der Waals surface area (Å²) in [6.45, 7) is 6.53. The SMILES string of the molecule is CCC(OC)C1(N)CC1(C)C. The molecule has 1 saturated carbocycles. The number of nitrogens with two attached hydrogens (primary N) is 1. The highest BCUT2D eigenvalue weighted by Crippen LogP contribution is 2.56. The zero-order valence-corrected chi connectivity index (χ0v) is 7.98. The van der Waals surface area contributed by atoms with Crippen LogP contribution in [-0.4, -0.2) is 18.8 Å². The van der Waals surface area contributed by atoms with Crippen molar-refractivity contribution in [3.63, 3.8) is 0 Å². The van der Waals surface area contributed by atoms with Crippen LogP contribution in [0.3, 0.4) is 0 Å². The van der Waals surface area contributed by atoms with Gasteiger partial charge in [-0.3, -0.25) is 0 Å². The number of hydrogen-bond donors (Lipinski definition) is 1. The second kappa shape index (κ2) is 2.46. The third-order valence-corrected chi connectivity index (χ3v) is 3.10. The van der Waals surface area contributed by atoms with Crippen LogP contribution in [-0.2, 0) is 4.74 Å². The van der Waals surface area contributed by atoms with E-state index in [9.17, 15) is 0 Å². The highest BCUT2D eigenvalue weighted by Gasteiger charge is 2.62. The van der Waals surface area contributed by atoms with Crippen molar-refractivity contribution in [2.45, 2.75) is 45.3 Å². The molecule has 1 aliphatic rings.